The largest absolute Gasteiger partial charge is 0.392 e. The third-order valence-corrected chi connectivity index (χ3v) is 4.11. The van der Waals surface area contributed by atoms with Gasteiger partial charge in [0.25, 0.3) is 0 Å². The van der Waals surface area contributed by atoms with Crippen LogP contribution >= 0.6 is 15.9 Å². The first-order chi connectivity index (χ1) is 9.11. The molecule has 0 aliphatic heterocycles. The maximum atomic E-state index is 9.58. The number of aliphatic hydroxyl groups is 1. The second-order valence-corrected chi connectivity index (χ2v) is 6.69. The minimum absolute atomic E-state index is 0.0447. The summed E-state index contributed by atoms with van der Waals surface area (Å²) in [5, 5.41) is 9.58. The van der Waals surface area contributed by atoms with Crippen LogP contribution in [0.25, 0.3) is 0 Å². The lowest BCUT2D eigenvalue weighted by molar-refractivity contribution is 0.281. The fourth-order valence-electron chi connectivity index (χ4n) is 2.87. The van der Waals surface area contributed by atoms with E-state index in [-0.39, 0.29) is 6.61 Å². The predicted molar refractivity (Wildman–Crippen MR) is 82.3 cm³/mol. The lowest BCUT2D eigenvalue weighted by Crippen LogP contribution is -2.37. The van der Waals surface area contributed by atoms with Gasteiger partial charge < -0.3 is 10.0 Å². The van der Waals surface area contributed by atoms with E-state index in [1.807, 2.05) is 12.3 Å². The van der Waals surface area contributed by atoms with Gasteiger partial charge in [-0.05, 0) is 40.8 Å². The normalized spacial score (nSPS) is 16.3. The third kappa shape index (κ3) is 3.69. The van der Waals surface area contributed by atoms with Crippen LogP contribution in [0.1, 0.15) is 45.1 Å². The quantitative estimate of drug-likeness (QED) is 0.895. The highest BCUT2D eigenvalue weighted by Crippen LogP contribution is 2.31. The van der Waals surface area contributed by atoms with Crippen LogP contribution in [-0.4, -0.2) is 22.7 Å². The zero-order chi connectivity index (χ0) is 13.8. The van der Waals surface area contributed by atoms with Gasteiger partial charge in [0, 0.05) is 28.8 Å². The minimum atomic E-state index is 0.0447. The van der Waals surface area contributed by atoms with Gasteiger partial charge >= 0.3 is 0 Å². The van der Waals surface area contributed by atoms with Gasteiger partial charge in [-0.3, -0.25) is 0 Å². The molecule has 4 heteroatoms. The lowest BCUT2D eigenvalue weighted by Gasteiger charge is -2.33. The van der Waals surface area contributed by atoms with E-state index in [0.717, 1.165) is 22.4 Å². The highest BCUT2D eigenvalue weighted by molar-refractivity contribution is 9.10. The Kier molecular flexibility index (Phi) is 5.22. The molecule has 0 radical (unpaired) electrons. The maximum absolute atomic E-state index is 9.58. The Bertz CT molecular complexity index is 417. The smallest absolute Gasteiger partial charge is 0.134 e. The number of hydrogen-bond donors (Lipinski definition) is 1. The topological polar surface area (TPSA) is 36.4 Å². The third-order valence-electron chi connectivity index (χ3n) is 3.68. The van der Waals surface area contributed by atoms with Crippen LogP contribution in [0.5, 0.6) is 0 Å². The molecule has 0 unspecified atom stereocenters. The van der Waals surface area contributed by atoms with E-state index in [4.69, 9.17) is 0 Å². The number of rotatable bonds is 5. The molecule has 1 aliphatic rings. The van der Waals surface area contributed by atoms with Crippen LogP contribution in [0, 0.1) is 5.92 Å². The second-order valence-electron chi connectivity index (χ2n) is 5.78. The number of pyridine rings is 1. The van der Waals surface area contributed by atoms with Crippen molar-refractivity contribution in [1.29, 1.82) is 0 Å². The molecule has 0 saturated heterocycles. The summed E-state index contributed by atoms with van der Waals surface area (Å²) in [4.78, 5) is 6.98. The van der Waals surface area contributed by atoms with Crippen LogP contribution in [0.15, 0.2) is 16.7 Å². The first-order valence-electron chi connectivity index (χ1n) is 7.13. The van der Waals surface area contributed by atoms with Crippen LogP contribution in [0.4, 0.5) is 5.82 Å². The SMILES string of the molecule is CC(C)CN(c1ncc(Br)cc1CO)C1CCCC1. The first kappa shape index (κ1) is 14.8. The average Bonchev–Trinajstić information content (AvgIpc) is 2.89. The van der Waals surface area contributed by atoms with Crippen LogP contribution < -0.4 is 4.90 Å². The number of aromatic nitrogens is 1. The molecule has 3 nitrogen and oxygen atoms in total. The fraction of sp³-hybridized carbons (Fsp3) is 0.667. The van der Waals surface area contributed by atoms with E-state index in [1.165, 1.54) is 25.7 Å². The van der Waals surface area contributed by atoms with Crippen molar-refractivity contribution >= 4 is 21.7 Å². The van der Waals surface area contributed by atoms with E-state index in [9.17, 15) is 5.11 Å². The Hall–Kier alpha value is -0.610. The summed E-state index contributed by atoms with van der Waals surface area (Å²) >= 11 is 3.43. The van der Waals surface area contributed by atoms with Gasteiger partial charge in [-0.15, -0.1) is 0 Å². The van der Waals surface area contributed by atoms with Crippen molar-refractivity contribution in [2.24, 2.45) is 5.92 Å². The molecular weight excluding hydrogens is 304 g/mol. The molecule has 0 aromatic carbocycles. The first-order valence-corrected chi connectivity index (χ1v) is 7.93. The van der Waals surface area contributed by atoms with E-state index in [0.29, 0.717) is 12.0 Å². The summed E-state index contributed by atoms with van der Waals surface area (Å²) in [6.45, 7) is 5.52. The summed E-state index contributed by atoms with van der Waals surface area (Å²) in [7, 11) is 0. The van der Waals surface area contributed by atoms with Crippen LogP contribution in [0.3, 0.4) is 0 Å². The molecule has 1 aliphatic carbocycles. The zero-order valence-corrected chi connectivity index (χ0v) is 13.4. The van der Waals surface area contributed by atoms with Gasteiger partial charge in [0.1, 0.15) is 5.82 Å². The predicted octanol–water partition coefficient (Wildman–Crippen LogP) is 3.74. The lowest BCUT2D eigenvalue weighted by atomic mass is 10.1. The highest BCUT2D eigenvalue weighted by atomic mass is 79.9. The minimum Gasteiger partial charge on any atom is -0.392 e. The van der Waals surface area contributed by atoms with E-state index >= 15 is 0 Å². The van der Waals surface area contributed by atoms with Crippen molar-refractivity contribution < 1.29 is 5.11 Å². The van der Waals surface area contributed by atoms with Crippen molar-refractivity contribution in [3.8, 4) is 0 Å². The van der Waals surface area contributed by atoms with Crippen molar-refractivity contribution in [3.05, 3.63) is 22.3 Å². The Morgan fingerprint density at radius 1 is 1.42 bits per heavy atom. The van der Waals surface area contributed by atoms with Gasteiger partial charge in [0.15, 0.2) is 0 Å². The highest BCUT2D eigenvalue weighted by Gasteiger charge is 2.25. The van der Waals surface area contributed by atoms with Crippen LogP contribution in [0.2, 0.25) is 0 Å². The zero-order valence-electron chi connectivity index (χ0n) is 11.8. The fourth-order valence-corrected chi connectivity index (χ4v) is 3.25. The molecule has 106 valence electrons. The van der Waals surface area contributed by atoms with Crippen molar-refractivity contribution in [2.75, 3.05) is 11.4 Å². The summed E-state index contributed by atoms with van der Waals surface area (Å²) < 4.78 is 0.927. The molecular formula is C15H23BrN2O. The molecule has 1 heterocycles. The Morgan fingerprint density at radius 3 is 2.68 bits per heavy atom. The molecule has 1 aromatic rings. The Labute approximate surface area is 124 Å². The molecule has 19 heavy (non-hydrogen) atoms. The van der Waals surface area contributed by atoms with Gasteiger partial charge in [-0.1, -0.05) is 26.7 Å². The number of nitrogens with zero attached hydrogens (tertiary/aromatic N) is 2. The molecule has 0 amide bonds. The summed E-state index contributed by atoms with van der Waals surface area (Å²) in [5.74, 6) is 1.56. The van der Waals surface area contributed by atoms with Crippen molar-refractivity contribution in [3.63, 3.8) is 0 Å². The molecule has 0 atom stereocenters. The molecule has 1 fully saturated rings. The molecule has 2 rings (SSSR count). The van der Waals surface area contributed by atoms with Crippen molar-refractivity contribution in [2.45, 2.75) is 52.2 Å². The van der Waals surface area contributed by atoms with Crippen molar-refractivity contribution in [1.82, 2.24) is 4.98 Å². The molecule has 1 saturated carbocycles. The summed E-state index contributed by atoms with van der Waals surface area (Å²) in [6, 6.07) is 2.56. The Balaban J connectivity index is 2.30. The van der Waals surface area contributed by atoms with Crippen LogP contribution in [-0.2, 0) is 6.61 Å². The number of hydrogen-bond acceptors (Lipinski definition) is 3. The molecule has 1 N–H and O–H groups in total. The maximum Gasteiger partial charge on any atom is 0.134 e. The number of anilines is 1. The van der Waals surface area contributed by atoms with Gasteiger partial charge in [0.2, 0.25) is 0 Å². The molecule has 0 spiro atoms. The number of aliphatic hydroxyl groups excluding tert-OH is 1. The van der Waals surface area contributed by atoms with E-state index in [2.05, 4.69) is 39.7 Å². The van der Waals surface area contributed by atoms with Gasteiger partial charge in [-0.25, -0.2) is 4.98 Å². The Morgan fingerprint density at radius 2 is 2.11 bits per heavy atom. The second kappa shape index (κ2) is 6.71. The molecule has 1 aromatic heterocycles. The van der Waals surface area contributed by atoms with E-state index < -0.39 is 0 Å². The molecule has 0 bridgehead atoms. The number of halogens is 1. The average molecular weight is 327 g/mol. The van der Waals surface area contributed by atoms with Gasteiger partial charge in [-0.2, -0.15) is 0 Å². The van der Waals surface area contributed by atoms with E-state index in [1.54, 1.807) is 0 Å². The summed E-state index contributed by atoms with van der Waals surface area (Å²) in [6.07, 6.45) is 6.94. The monoisotopic (exact) mass is 326 g/mol. The summed E-state index contributed by atoms with van der Waals surface area (Å²) in [5.41, 5.74) is 0.918. The standard InChI is InChI=1S/C15H23BrN2O/c1-11(2)9-18(14-5-3-4-6-14)15-12(10-19)7-13(16)8-17-15/h7-8,11,14,19H,3-6,9-10H2,1-2H3. The van der Waals surface area contributed by atoms with Gasteiger partial charge in [0.05, 0.1) is 6.61 Å².